The Hall–Kier alpha value is -1.51. The van der Waals surface area contributed by atoms with Gasteiger partial charge in [0.1, 0.15) is 5.75 Å². The third-order valence-corrected chi connectivity index (χ3v) is 3.21. The van der Waals surface area contributed by atoms with Crippen LogP contribution in [0.25, 0.3) is 0 Å². The normalized spacial score (nSPS) is 13.8. The van der Waals surface area contributed by atoms with Crippen molar-refractivity contribution in [2.24, 2.45) is 0 Å². The van der Waals surface area contributed by atoms with Crippen molar-refractivity contribution in [1.82, 2.24) is 4.90 Å². The van der Waals surface area contributed by atoms with E-state index in [1.807, 2.05) is 36.9 Å². The van der Waals surface area contributed by atoms with Crippen LogP contribution in [0.4, 0.5) is 0 Å². The third kappa shape index (κ3) is 2.43. The largest absolute Gasteiger partial charge is 0.493 e. The van der Waals surface area contributed by atoms with Crippen LogP contribution in [0.2, 0.25) is 0 Å². The average Bonchev–Trinajstić information content (AvgIpc) is 2.39. The Balaban J connectivity index is 2.24. The van der Waals surface area contributed by atoms with Crippen molar-refractivity contribution in [3.63, 3.8) is 0 Å². The molecule has 0 aromatic heterocycles. The lowest BCUT2D eigenvalue weighted by atomic mass is 10.0. The maximum Gasteiger partial charge on any atom is 0.253 e. The third-order valence-electron chi connectivity index (χ3n) is 3.21. The van der Waals surface area contributed by atoms with E-state index in [9.17, 15) is 4.79 Å². The van der Waals surface area contributed by atoms with Gasteiger partial charge in [-0.05, 0) is 50.5 Å². The number of aryl methyl sites for hydroxylation is 1. The summed E-state index contributed by atoms with van der Waals surface area (Å²) in [7, 11) is 0. The molecule has 17 heavy (non-hydrogen) atoms. The molecule has 1 aliphatic rings. The fourth-order valence-electron chi connectivity index (χ4n) is 2.19. The van der Waals surface area contributed by atoms with Gasteiger partial charge in [0.25, 0.3) is 5.91 Å². The van der Waals surface area contributed by atoms with Crippen LogP contribution in [0.15, 0.2) is 18.2 Å². The molecule has 92 valence electrons. The Kier molecular flexibility index (Phi) is 3.67. The van der Waals surface area contributed by atoms with Crippen molar-refractivity contribution in [1.29, 1.82) is 0 Å². The predicted molar refractivity (Wildman–Crippen MR) is 67.5 cm³/mol. The minimum absolute atomic E-state index is 0.114. The molecule has 1 amide bonds. The van der Waals surface area contributed by atoms with Gasteiger partial charge in [0.15, 0.2) is 0 Å². The molecule has 0 N–H and O–H groups in total. The van der Waals surface area contributed by atoms with E-state index in [4.69, 9.17) is 4.74 Å². The van der Waals surface area contributed by atoms with Crippen molar-refractivity contribution in [2.45, 2.75) is 26.7 Å². The van der Waals surface area contributed by atoms with Gasteiger partial charge in [-0.15, -0.1) is 0 Å². The van der Waals surface area contributed by atoms with Gasteiger partial charge in [-0.25, -0.2) is 0 Å². The zero-order chi connectivity index (χ0) is 12.3. The second kappa shape index (κ2) is 5.21. The lowest BCUT2D eigenvalue weighted by Crippen LogP contribution is -2.30. The van der Waals surface area contributed by atoms with E-state index in [2.05, 4.69) is 0 Å². The van der Waals surface area contributed by atoms with Crippen LogP contribution in [0, 0.1) is 0 Å². The van der Waals surface area contributed by atoms with Crippen LogP contribution in [0.5, 0.6) is 5.75 Å². The van der Waals surface area contributed by atoms with Crippen LogP contribution in [-0.4, -0.2) is 30.5 Å². The molecule has 3 nitrogen and oxygen atoms in total. The first-order chi connectivity index (χ1) is 8.26. The second-order valence-corrected chi connectivity index (χ2v) is 4.25. The smallest absolute Gasteiger partial charge is 0.253 e. The molecular weight excluding hydrogens is 214 g/mol. The van der Waals surface area contributed by atoms with Crippen LogP contribution in [-0.2, 0) is 6.42 Å². The molecule has 0 saturated carbocycles. The lowest BCUT2D eigenvalue weighted by molar-refractivity contribution is 0.0773. The number of rotatable bonds is 3. The summed E-state index contributed by atoms with van der Waals surface area (Å²) in [6.45, 7) is 6.30. The van der Waals surface area contributed by atoms with Gasteiger partial charge in [-0.2, -0.15) is 0 Å². The molecule has 0 atom stereocenters. The van der Waals surface area contributed by atoms with Crippen molar-refractivity contribution in [3.05, 3.63) is 29.3 Å². The Morgan fingerprint density at radius 3 is 2.82 bits per heavy atom. The maximum atomic E-state index is 12.2. The summed E-state index contributed by atoms with van der Waals surface area (Å²) in [4.78, 5) is 14.0. The number of ether oxygens (including phenoxy) is 1. The monoisotopic (exact) mass is 233 g/mol. The second-order valence-electron chi connectivity index (χ2n) is 4.25. The lowest BCUT2D eigenvalue weighted by Gasteiger charge is -2.21. The van der Waals surface area contributed by atoms with Crippen LogP contribution < -0.4 is 4.74 Å². The van der Waals surface area contributed by atoms with Gasteiger partial charge in [0, 0.05) is 18.7 Å². The summed E-state index contributed by atoms with van der Waals surface area (Å²) in [6, 6.07) is 5.77. The number of benzene rings is 1. The van der Waals surface area contributed by atoms with E-state index in [1.54, 1.807) is 0 Å². The van der Waals surface area contributed by atoms with Gasteiger partial charge in [0.2, 0.25) is 0 Å². The van der Waals surface area contributed by atoms with Crippen LogP contribution in [0.1, 0.15) is 36.2 Å². The minimum atomic E-state index is 0.114. The number of amides is 1. The number of hydrogen-bond acceptors (Lipinski definition) is 2. The van der Waals surface area contributed by atoms with Gasteiger partial charge in [-0.1, -0.05) is 0 Å². The molecule has 3 heteroatoms. The Labute approximate surface area is 102 Å². The first-order valence-corrected chi connectivity index (χ1v) is 6.31. The van der Waals surface area contributed by atoms with E-state index in [1.165, 1.54) is 0 Å². The highest BCUT2D eigenvalue weighted by Crippen LogP contribution is 2.25. The first kappa shape index (κ1) is 12.0. The summed E-state index contributed by atoms with van der Waals surface area (Å²) < 4.78 is 5.55. The Morgan fingerprint density at radius 1 is 1.35 bits per heavy atom. The van der Waals surface area contributed by atoms with Crippen LogP contribution >= 0.6 is 0 Å². The summed E-state index contributed by atoms with van der Waals surface area (Å²) in [6.07, 6.45) is 2.05. The van der Waals surface area contributed by atoms with E-state index in [0.717, 1.165) is 49.4 Å². The average molecular weight is 233 g/mol. The van der Waals surface area contributed by atoms with Crippen molar-refractivity contribution in [3.8, 4) is 5.75 Å². The molecule has 2 rings (SSSR count). The van der Waals surface area contributed by atoms with Crippen molar-refractivity contribution < 1.29 is 9.53 Å². The topological polar surface area (TPSA) is 29.5 Å². The SMILES string of the molecule is CCN(CC)C(=O)c1ccc2c(c1)CCCO2. The van der Waals surface area contributed by atoms with Crippen molar-refractivity contribution in [2.75, 3.05) is 19.7 Å². The van der Waals surface area contributed by atoms with E-state index >= 15 is 0 Å². The Bertz CT molecular complexity index is 411. The molecule has 0 aliphatic carbocycles. The zero-order valence-corrected chi connectivity index (χ0v) is 10.5. The number of carbonyl (C=O) groups is 1. The predicted octanol–water partition coefficient (Wildman–Crippen LogP) is 2.49. The van der Waals surface area contributed by atoms with Crippen LogP contribution in [0.3, 0.4) is 0 Å². The van der Waals surface area contributed by atoms with E-state index in [0.29, 0.717) is 0 Å². The molecule has 0 radical (unpaired) electrons. The van der Waals surface area contributed by atoms with Gasteiger partial charge >= 0.3 is 0 Å². The highest BCUT2D eigenvalue weighted by Gasteiger charge is 2.16. The number of fused-ring (bicyclic) bond motifs is 1. The fourth-order valence-corrected chi connectivity index (χ4v) is 2.19. The van der Waals surface area contributed by atoms with Gasteiger partial charge in [0.05, 0.1) is 6.61 Å². The molecule has 0 fully saturated rings. The Morgan fingerprint density at radius 2 is 2.12 bits per heavy atom. The molecule has 0 unspecified atom stereocenters. The number of nitrogens with zero attached hydrogens (tertiary/aromatic N) is 1. The molecule has 1 aliphatic heterocycles. The fraction of sp³-hybridized carbons (Fsp3) is 0.500. The number of carbonyl (C=O) groups excluding carboxylic acids is 1. The molecule has 0 bridgehead atoms. The highest BCUT2D eigenvalue weighted by atomic mass is 16.5. The zero-order valence-electron chi connectivity index (χ0n) is 10.5. The molecule has 1 aromatic carbocycles. The summed E-state index contributed by atoms with van der Waals surface area (Å²) in [5, 5.41) is 0. The molecule has 0 spiro atoms. The van der Waals surface area contributed by atoms with E-state index in [-0.39, 0.29) is 5.91 Å². The van der Waals surface area contributed by atoms with Gasteiger partial charge in [-0.3, -0.25) is 4.79 Å². The molecule has 1 heterocycles. The molecular formula is C14H19NO2. The summed E-state index contributed by atoms with van der Waals surface area (Å²) >= 11 is 0. The minimum Gasteiger partial charge on any atom is -0.493 e. The quantitative estimate of drug-likeness (QED) is 0.802. The maximum absolute atomic E-state index is 12.2. The summed E-state index contributed by atoms with van der Waals surface area (Å²) in [5.41, 5.74) is 1.94. The molecule has 1 aromatic rings. The highest BCUT2D eigenvalue weighted by molar-refractivity contribution is 5.94. The van der Waals surface area contributed by atoms with Crippen molar-refractivity contribution >= 4 is 5.91 Å². The van der Waals surface area contributed by atoms with Gasteiger partial charge < -0.3 is 9.64 Å². The standard InChI is InChI=1S/C14H19NO2/c1-3-15(4-2)14(16)12-7-8-13-11(10-12)6-5-9-17-13/h7-8,10H,3-6,9H2,1-2H3. The first-order valence-electron chi connectivity index (χ1n) is 6.31. The number of hydrogen-bond donors (Lipinski definition) is 0. The molecule has 0 saturated heterocycles. The summed E-state index contributed by atoms with van der Waals surface area (Å²) in [5.74, 6) is 1.05. The van der Waals surface area contributed by atoms with E-state index < -0.39 is 0 Å².